The van der Waals surface area contributed by atoms with E-state index < -0.39 is 0 Å². The SMILES string of the molecule is CC1CC(c2cncnc2)NCC1N. The smallest absolute Gasteiger partial charge is 0.115 e. The molecular formula is C10H16N4. The van der Waals surface area contributed by atoms with E-state index in [9.17, 15) is 0 Å². The van der Waals surface area contributed by atoms with E-state index in [1.54, 1.807) is 6.33 Å². The van der Waals surface area contributed by atoms with Crippen molar-refractivity contribution in [2.24, 2.45) is 11.7 Å². The molecule has 0 aliphatic carbocycles. The molecule has 0 bridgehead atoms. The van der Waals surface area contributed by atoms with Gasteiger partial charge in [0.25, 0.3) is 0 Å². The van der Waals surface area contributed by atoms with Gasteiger partial charge in [0.2, 0.25) is 0 Å². The molecule has 3 N–H and O–H groups in total. The summed E-state index contributed by atoms with van der Waals surface area (Å²) < 4.78 is 0. The van der Waals surface area contributed by atoms with Gasteiger partial charge in [-0.1, -0.05) is 6.92 Å². The van der Waals surface area contributed by atoms with E-state index in [0.29, 0.717) is 12.0 Å². The van der Waals surface area contributed by atoms with Crippen LogP contribution >= 0.6 is 0 Å². The number of rotatable bonds is 1. The first kappa shape index (κ1) is 9.55. The van der Waals surface area contributed by atoms with Crippen LogP contribution in [0.15, 0.2) is 18.7 Å². The summed E-state index contributed by atoms with van der Waals surface area (Å²) in [5, 5.41) is 3.41. The maximum atomic E-state index is 5.92. The maximum Gasteiger partial charge on any atom is 0.115 e. The monoisotopic (exact) mass is 192 g/mol. The largest absolute Gasteiger partial charge is 0.326 e. The third-order valence-corrected chi connectivity index (χ3v) is 2.92. The molecule has 2 heterocycles. The molecule has 76 valence electrons. The van der Waals surface area contributed by atoms with Gasteiger partial charge in [-0.3, -0.25) is 0 Å². The first-order valence-electron chi connectivity index (χ1n) is 5.01. The van der Waals surface area contributed by atoms with E-state index in [2.05, 4.69) is 22.2 Å². The highest BCUT2D eigenvalue weighted by molar-refractivity contribution is 5.11. The van der Waals surface area contributed by atoms with Crippen LogP contribution in [0.5, 0.6) is 0 Å². The summed E-state index contributed by atoms with van der Waals surface area (Å²) in [7, 11) is 0. The minimum absolute atomic E-state index is 0.274. The highest BCUT2D eigenvalue weighted by atomic mass is 15.0. The van der Waals surface area contributed by atoms with E-state index in [1.807, 2.05) is 12.4 Å². The van der Waals surface area contributed by atoms with E-state index >= 15 is 0 Å². The van der Waals surface area contributed by atoms with Crippen LogP contribution in [0.2, 0.25) is 0 Å². The van der Waals surface area contributed by atoms with Crippen molar-refractivity contribution in [3.05, 3.63) is 24.3 Å². The Bertz CT molecular complexity index is 287. The van der Waals surface area contributed by atoms with Crippen LogP contribution < -0.4 is 11.1 Å². The van der Waals surface area contributed by atoms with Crippen LogP contribution in [0.1, 0.15) is 24.9 Å². The molecule has 0 aromatic carbocycles. The van der Waals surface area contributed by atoms with Crippen molar-refractivity contribution in [3.8, 4) is 0 Å². The summed E-state index contributed by atoms with van der Waals surface area (Å²) in [5.74, 6) is 0.557. The first-order valence-corrected chi connectivity index (χ1v) is 5.01. The lowest BCUT2D eigenvalue weighted by molar-refractivity contribution is 0.285. The molecule has 3 unspecified atom stereocenters. The second-order valence-electron chi connectivity index (χ2n) is 4.01. The Balaban J connectivity index is 2.07. The number of nitrogens with zero attached hydrogens (tertiary/aromatic N) is 2. The quantitative estimate of drug-likeness (QED) is 0.679. The fourth-order valence-corrected chi connectivity index (χ4v) is 1.85. The molecule has 0 amide bonds. The summed E-state index contributed by atoms with van der Waals surface area (Å²) in [4.78, 5) is 8.04. The predicted molar refractivity (Wildman–Crippen MR) is 54.5 cm³/mol. The predicted octanol–water partition coefficient (Wildman–Crippen LogP) is 0.474. The van der Waals surface area contributed by atoms with Crippen molar-refractivity contribution in [1.29, 1.82) is 0 Å². The Hall–Kier alpha value is -1.00. The zero-order valence-corrected chi connectivity index (χ0v) is 8.35. The zero-order chi connectivity index (χ0) is 9.97. The molecule has 4 nitrogen and oxygen atoms in total. The topological polar surface area (TPSA) is 63.8 Å². The molecule has 0 spiro atoms. The number of nitrogens with two attached hydrogens (primary N) is 1. The van der Waals surface area contributed by atoms with E-state index in [0.717, 1.165) is 18.5 Å². The zero-order valence-electron chi connectivity index (χ0n) is 8.35. The summed E-state index contributed by atoms with van der Waals surface area (Å²) >= 11 is 0. The van der Waals surface area contributed by atoms with Crippen molar-refractivity contribution in [3.63, 3.8) is 0 Å². The highest BCUT2D eigenvalue weighted by Gasteiger charge is 2.25. The van der Waals surface area contributed by atoms with Crippen LogP contribution in [0.4, 0.5) is 0 Å². The Morgan fingerprint density at radius 2 is 2.14 bits per heavy atom. The van der Waals surface area contributed by atoms with Crippen LogP contribution in [0.25, 0.3) is 0 Å². The molecule has 3 atom stereocenters. The van der Waals surface area contributed by atoms with Gasteiger partial charge in [-0.25, -0.2) is 9.97 Å². The van der Waals surface area contributed by atoms with Crippen LogP contribution in [0.3, 0.4) is 0 Å². The Labute approximate surface area is 83.9 Å². The highest BCUT2D eigenvalue weighted by Crippen LogP contribution is 2.25. The molecule has 4 heteroatoms. The number of hydrogen-bond donors (Lipinski definition) is 2. The van der Waals surface area contributed by atoms with Crippen LogP contribution in [0, 0.1) is 5.92 Å². The molecule has 1 fully saturated rings. The molecule has 1 aliphatic rings. The third kappa shape index (κ3) is 1.91. The average molecular weight is 192 g/mol. The normalized spacial score (nSPS) is 32.9. The van der Waals surface area contributed by atoms with Crippen molar-refractivity contribution < 1.29 is 0 Å². The van der Waals surface area contributed by atoms with Crippen LogP contribution in [-0.2, 0) is 0 Å². The lowest BCUT2D eigenvalue weighted by Gasteiger charge is -2.32. The van der Waals surface area contributed by atoms with Gasteiger partial charge in [-0.15, -0.1) is 0 Å². The first-order chi connectivity index (χ1) is 6.77. The molecule has 1 aromatic rings. The lowest BCUT2D eigenvalue weighted by Crippen LogP contribution is -2.46. The minimum Gasteiger partial charge on any atom is -0.326 e. The summed E-state index contributed by atoms with van der Waals surface area (Å²) in [5.41, 5.74) is 7.08. The molecule has 0 saturated carbocycles. The van der Waals surface area contributed by atoms with Crippen molar-refractivity contribution in [2.45, 2.75) is 25.4 Å². The second-order valence-corrected chi connectivity index (χ2v) is 4.01. The molecule has 1 aliphatic heterocycles. The number of piperidine rings is 1. The van der Waals surface area contributed by atoms with Gasteiger partial charge >= 0.3 is 0 Å². The number of nitrogens with one attached hydrogen (secondary N) is 1. The van der Waals surface area contributed by atoms with Gasteiger partial charge in [-0.2, -0.15) is 0 Å². The summed E-state index contributed by atoms with van der Waals surface area (Å²) in [6, 6.07) is 0.641. The van der Waals surface area contributed by atoms with Gasteiger partial charge in [0.15, 0.2) is 0 Å². The molecule has 1 aromatic heterocycles. The standard InChI is InChI=1S/C10H16N4/c1-7-2-10(14-5-9(7)11)8-3-12-6-13-4-8/h3-4,6-7,9-10,14H,2,5,11H2,1H3. The van der Waals surface area contributed by atoms with Gasteiger partial charge in [-0.05, 0) is 12.3 Å². The van der Waals surface area contributed by atoms with E-state index in [1.165, 1.54) is 0 Å². The average Bonchev–Trinajstić information content (AvgIpc) is 2.23. The molecule has 1 saturated heterocycles. The Morgan fingerprint density at radius 3 is 2.79 bits per heavy atom. The summed E-state index contributed by atoms with van der Waals surface area (Å²) in [6.45, 7) is 3.07. The van der Waals surface area contributed by atoms with E-state index in [-0.39, 0.29) is 6.04 Å². The maximum absolute atomic E-state index is 5.92. The minimum atomic E-state index is 0.274. The number of hydrogen-bond acceptors (Lipinski definition) is 4. The van der Waals surface area contributed by atoms with Gasteiger partial charge < -0.3 is 11.1 Å². The van der Waals surface area contributed by atoms with E-state index in [4.69, 9.17) is 5.73 Å². The molecule has 2 rings (SSSR count). The van der Waals surface area contributed by atoms with Crippen molar-refractivity contribution >= 4 is 0 Å². The fraction of sp³-hybridized carbons (Fsp3) is 0.600. The van der Waals surface area contributed by atoms with Crippen molar-refractivity contribution in [2.75, 3.05) is 6.54 Å². The van der Waals surface area contributed by atoms with Gasteiger partial charge in [0.05, 0.1) is 0 Å². The second kappa shape index (κ2) is 4.02. The van der Waals surface area contributed by atoms with Gasteiger partial charge in [0.1, 0.15) is 6.33 Å². The molecule has 14 heavy (non-hydrogen) atoms. The Morgan fingerprint density at radius 1 is 1.43 bits per heavy atom. The van der Waals surface area contributed by atoms with Crippen LogP contribution in [-0.4, -0.2) is 22.6 Å². The third-order valence-electron chi connectivity index (χ3n) is 2.92. The fourth-order valence-electron chi connectivity index (χ4n) is 1.85. The lowest BCUT2D eigenvalue weighted by atomic mass is 9.88. The summed E-state index contributed by atoms with van der Waals surface area (Å²) in [6.07, 6.45) is 6.36. The number of aromatic nitrogens is 2. The molecular weight excluding hydrogens is 176 g/mol. The molecule has 0 radical (unpaired) electrons. The Kier molecular flexibility index (Phi) is 2.74. The van der Waals surface area contributed by atoms with Crippen molar-refractivity contribution in [1.82, 2.24) is 15.3 Å². The van der Waals surface area contributed by atoms with Gasteiger partial charge in [0, 0.05) is 36.6 Å².